The minimum Gasteiger partial charge on any atom is -0.358 e. The van der Waals surface area contributed by atoms with Crippen molar-refractivity contribution in [3.8, 4) is 0 Å². The lowest BCUT2D eigenvalue weighted by Gasteiger charge is -2.19. The molecule has 1 rings (SSSR count). The highest BCUT2D eigenvalue weighted by atomic mass is 16.1. The Balaban J connectivity index is 2.60. The number of aromatic nitrogens is 2. The van der Waals surface area contributed by atoms with E-state index < -0.39 is 0 Å². The number of rotatable bonds is 4. The molecule has 0 aliphatic carbocycles. The van der Waals surface area contributed by atoms with E-state index in [1.807, 2.05) is 26.0 Å². The highest BCUT2D eigenvalue weighted by molar-refractivity contribution is 5.34. The van der Waals surface area contributed by atoms with E-state index in [0.717, 1.165) is 13.1 Å². The Hall–Kier alpha value is -1.36. The normalized spacial score (nSPS) is 10.6. The zero-order valence-corrected chi connectivity index (χ0v) is 8.82. The molecule has 0 aliphatic heterocycles. The van der Waals surface area contributed by atoms with E-state index in [0.29, 0.717) is 5.82 Å². The predicted molar refractivity (Wildman–Crippen MR) is 56.7 cm³/mol. The molecule has 0 bridgehead atoms. The van der Waals surface area contributed by atoms with E-state index >= 15 is 0 Å². The van der Waals surface area contributed by atoms with Crippen molar-refractivity contribution >= 4 is 5.82 Å². The Morgan fingerprint density at radius 1 is 1.36 bits per heavy atom. The van der Waals surface area contributed by atoms with Gasteiger partial charge in [-0.05, 0) is 14.1 Å². The van der Waals surface area contributed by atoms with Gasteiger partial charge in [-0.3, -0.25) is 4.79 Å². The van der Waals surface area contributed by atoms with Crippen LogP contribution in [0.25, 0.3) is 0 Å². The van der Waals surface area contributed by atoms with Gasteiger partial charge in [0.25, 0.3) is 5.56 Å². The summed E-state index contributed by atoms with van der Waals surface area (Å²) < 4.78 is 0. The zero-order chi connectivity index (χ0) is 10.6. The number of aromatic amines is 1. The molecule has 0 saturated carbocycles. The van der Waals surface area contributed by atoms with Gasteiger partial charge in [0.05, 0.1) is 6.33 Å². The molecular weight excluding hydrogens is 180 g/mol. The summed E-state index contributed by atoms with van der Waals surface area (Å²) in [5.41, 5.74) is -0.119. The number of nitrogens with one attached hydrogen (secondary N) is 1. The minimum atomic E-state index is -0.119. The average Bonchev–Trinajstić information content (AvgIpc) is 2.14. The second kappa shape index (κ2) is 4.76. The van der Waals surface area contributed by atoms with Gasteiger partial charge in [0.2, 0.25) is 0 Å². The van der Waals surface area contributed by atoms with Crippen LogP contribution in [0.3, 0.4) is 0 Å². The fourth-order valence-electron chi connectivity index (χ4n) is 1.03. The average molecular weight is 196 g/mol. The lowest BCUT2D eigenvalue weighted by Crippen LogP contribution is -2.29. The second-order valence-corrected chi connectivity index (χ2v) is 3.49. The molecule has 1 aromatic heterocycles. The Kier molecular flexibility index (Phi) is 3.64. The Morgan fingerprint density at radius 3 is 2.64 bits per heavy atom. The summed E-state index contributed by atoms with van der Waals surface area (Å²) >= 11 is 0. The molecule has 1 aromatic rings. The molecule has 0 fully saturated rings. The van der Waals surface area contributed by atoms with Crippen molar-refractivity contribution in [2.24, 2.45) is 0 Å². The van der Waals surface area contributed by atoms with Crippen molar-refractivity contribution in [3.05, 3.63) is 22.7 Å². The number of hydrogen-bond donors (Lipinski definition) is 1. The van der Waals surface area contributed by atoms with Gasteiger partial charge in [-0.1, -0.05) is 0 Å². The van der Waals surface area contributed by atoms with Gasteiger partial charge in [0, 0.05) is 26.2 Å². The summed E-state index contributed by atoms with van der Waals surface area (Å²) in [4.78, 5) is 21.6. The largest absolute Gasteiger partial charge is 0.358 e. The van der Waals surface area contributed by atoms with Crippen LogP contribution in [0.5, 0.6) is 0 Å². The van der Waals surface area contributed by atoms with Crippen LogP contribution in [0.15, 0.2) is 17.2 Å². The Labute approximate surface area is 83.4 Å². The van der Waals surface area contributed by atoms with Gasteiger partial charge in [0.1, 0.15) is 5.82 Å². The van der Waals surface area contributed by atoms with Crippen LogP contribution >= 0.6 is 0 Å². The third kappa shape index (κ3) is 3.18. The molecule has 78 valence electrons. The summed E-state index contributed by atoms with van der Waals surface area (Å²) in [6.45, 7) is 1.79. The fourth-order valence-corrected chi connectivity index (χ4v) is 1.03. The standard InChI is InChI=1S/C9H16N4O/c1-12(2)4-5-13(3)8-6-9(14)11-7-10-8/h6-7H,4-5H2,1-3H3,(H,10,11,14). The zero-order valence-electron chi connectivity index (χ0n) is 8.82. The summed E-state index contributed by atoms with van der Waals surface area (Å²) in [7, 11) is 5.95. The van der Waals surface area contributed by atoms with E-state index in [1.54, 1.807) is 0 Å². The third-order valence-electron chi connectivity index (χ3n) is 1.94. The van der Waals surface area contributed by atoms with Gasteiger partial charge in [-0.2, -0.15) is 0 Å². The smallest absolute Gasteiger partial charge is 0.252 e. The summed E-state index contributed by atoms with van der Waals surface area (Å²) in [6, 6.07) is 1.50. The van der Waals surface area contributed by atoms with Crippen molar-refractivity contribution in [1.29, 1.82) is 0 Å². The minimum absolute atomic E-state index is 0.119. The van der Waals surface area contributed by atoms with Gasteiger partial charge in [0.15, 0.2) is 0 Å². The van der Waals surface area contributed by atoms with Crippen molar-refractivity contribution < 1.29 is 0 Å². The monoisotopic (exact) mass is 196 g/mol. The van der Waals surface area contributed by atoms with Crippen LogP contribution in [0.4, 0.5) is 5.82 Å². The second-order valence-electron chi connectivity index (χ2n) is 3.49. The van der Waals surface area contributed by atoms with Gasteiger partial charge >= 0.3 is 0 Å². The molecule has 0 unspecified atom stereocenters. The molecule has 5 nitrogen and oxygen atoms in total. The van der Waals surface area contributed by atoms with Crippen molar-refractivity contribution in [1.82, 2.24) is 14.9 Å². The quantitative estimate of drug-likeness (QED) is 0.722. The van der Waals surface area contributed by atoms with Gasteiger partial charge in [-0.15, -0.1) is 0 Å². The lowest BCUT2D eigenvalue weighted by molar-refractivity contribution is 0.416. The molecule has 5 heteroatoms. The summed E-state index contributed by atoms with van der Waals surface area (Å²) in [5, 5.41) is 0. The van der Waals surface area contributed by atoms with Crippen LogP contribution in [-0.2, 0) is 0 Å². The molecule has 0 aliphatic rings. The maximum Gasteiger partial charge on any atom is 0.252 e. The van der Waals surface area contributed by atoms with E-state index in [9.17, 15) is 4.79 Å². The summed E-state index contributed by atoms with van der Waals surface area (Å²) in [6.07, 6.45) is 1.42. The highest BCUT2D eigenvalue weighted by Crippen LogP contribution is 2.01. The Bertz CT molecular complexity index is 334. The van der Waals surface area contributed by atoms with Gasteiger partial charge < -0.3 is 14.8 Å². The SMILES string of the molecule is CN(C)CCN(C)c1cc(=O)[nH]cn1. The van der Waals surface area contributed by atoms with E-state index in [1.165, 1.54) is 12.4 Å². The molecule has 0 spiro atoms. The third-order valence-corrected chi connectivity index (χ3v) is 1.94. The van der Waals surface area contributed by atoms with Crippen molar-refractivity contribution in [2.45, 2.75) is 0 Å². The first-order chi connectivity index (χ1) is 6.59. The van der Waals surface area contributed by atoms with E-state index in [2.05, 4.69) is 14.9 Å². The first-order valence-electron chi connectivity index (χ1n) is 4.50. The molecule has 0 saturated heterocycles. The fraction of sp³-hybridized carbons (Fsp3) is 0.556. The van der Waals surface area contributed by atoms with Crippen LogP contribution < -0.4 is 10.5 Å². The van der Waals surface area contributed by atoms with E-state index in [4.69, 9.17) is 0 Å². The van der Waals surface area contributed by atoms with Crippen LogP contribution in [-0.4, -0.2) is 49.1 Å². The number of likely N-dealkylation sites (N-methyl/N-ethyl adjacent to an activating group) is 2. The van der Waals surface area contributed by atoms with Gasteiger partial charge in [-0.25, -0.2) is 4.98 Å². The molecule has 0 radical (unpaired) electrons. The number of H-pyrrole nitrogens is 1. The van der Waals surface area contributed by atoms with Crippen LogP contribution in [0, 0.1) is 0 Å². The molecule has 14 heavy (non-hydrogen) atoms. The molecule has 1 N–H and O–H groups in total. The van der Waals surface area contributed by atoms with Crippen molar-refractivity contribution in [3.63, 3.8) is 0 Å². The predicted octanol–water partition coefficient (Wildman–Crippen LogP) is -0.232. The highest BCUT2D eigenvalue weighted by Gasteiger charge is 2.02. The maximum absolute atomic E-state index is 11.0. The number of hydrogen-bond acceptors (Lipinski definition) is 4. The molecule has 0 atom stereocenters. The molecule has 0 amide bonds. The first kappa shape index (κ1) is 10.7. The maximum atomic E-state index is 11.0. The number of nitrogens with zero attached hydrogens (tertiary/aromatic N) is 3. The molecule has 0 aromatic carbocycles. The lowest BCUT2D eigenvalue weighted by atomic mass is 10.4. The Morgan fingerprint density at radius 2 is 2.07 bits per heavy atom. The number of anilines is 1. The molecule has 1 heterocycles. The molecular formula is C9H16N4O. The van der Waals surface area contributed by atoms with Crippen molar-refractivity contribution in [2.75, 3.05) is 39.1 Å². The first-order valence-corrected chi connectivity index (χ1v) is 4.50. The van der Waals surface area contributed by atoms with Crippen LogP contribution in [0.1, 0.15) is 0 Å². The summed E-state index contributed by atoms with van der Waals surface area (Å²) in [5.74, 6) is 0.704. The van der Waals surface area contributed by atoms with Crippen LogP contribution in [0.2, 0.25) is 0 Å². The van der Waals surface area contributed by atoms with E-state index in [-0.39, 0.29) is 5.56 Å². The topological polar surface area (TPSA) is 52.2 Å².